The van der Waals surface area contributed by atoms with Gasteiger partial charge >= 0.3 is 0 Å². The van der Waals surface area contributed by atoms with Crippen molar-refractivity contribution in [1.29, 1.82) is 0 Å². The van der Waals surface area contributed by atoms with Crippen molar-refractivity contribution in [2.45, 2.75) is 32.6 Å². The molecule has 0 saturated carbocycles. The van der Waals surface area contributed by atoms with Crippen molar-refractivity contribution in [2.24, 2.45) is 0 Å². The summed E-state index contributed by atoms with van der Waals surface area (Å²) in [6.07, 6.45) is 3.97. The fraction of sp³-hybridized carbons (Fsp3) is 0.667. The van der Waals surface area contributed by atoms with Crippen molar-refractivity contribution in [3.05, 3.63) is 0 Å². The van der Waals surface area contributed by atoms with Gasteiger partial charge in [-0.25, -0.2) is 4.39 Å². The number of ketones is 1. The number of unbranched alkanes of at least 4 members (excludes halogenated alkanes) is 3. The monoisotopic (exact) mass is 156 g/mol. The third-order valence-corrected chi connectivity index (χ3v) is 1.25. The quantitative estimate of drug-likeness (QED) is 0.346. The number of carbonyl (C=O) groups is 1. The fourth-order valence-electron chi connectivity index (χ4n) is 0.658. The van der Waals surface area contributed by atoms with Gasteiger partial charge in [-0.05, 0) is 12.3 Å². The van der Waals surface area contributed by atoms with Gasteiger partial charge in [0.2, 0.25) is 5.78 Å². The summed E-state index contributed by atoms with van der Waals surface area (Å²) in [6, 6.07) is 0. The summed E-state index contributed by atoms with van der Waals surface area (Å²) < 4.78 is 11.5. The van der Waals surface area contributed by atoms with Crippen molar-refractivity contribution in [3.63, 3.8) is 0 Å². The number of carbonyl (C=O) groups excluding carboxylic acids is 1. The Hall–Kier alpha value is -0.840. The van der Waals surface area contributed by atoms with Crippen LogP contribution in [0.25, 0.3) is 0 Å². The Morgan fingerprint density at radius 2 is 2.18 bits per heavy atom. The summed E-state index contributed by atoms with van der Waals surface area (Å²) in [6.45, 7) is 1.14. The number of halogens is 1. The highest BCUT2D eigenvalue weighted by atomic mass is 19.1. The molecule has 1 nitrogen and oxygen atoms in total. The van der Waals surface area contributed by atoms with Crippen molar-refractivity contribution in [3.8, 4) is 11.8 Å². The molecule has 0 rings (SSSR count). The largest absolute Gasteiger partial charge is 0.282 e. The Balaban J connectivity index is 3.32. The van der Waals surface area contributed by atoms with Crippen molar-refractivity contribution < 1.29 is 9.18 Å². The molecule has 0 atom stereocenters. The lowest BCUT2D eigenvalue weighted by Crippen LogP contribution is -1.93. The van der Waals surface area contributed by atoms with Crippen LogP contribution in [0.2, 0.25) is 0 Å². The standard InChI is InChI=1S/C9H13FO/c1-2-3-4-5-6-7-9(11)8-10/h2-5,8H2,1H3. The minimum Gasteiger partial charge on any atom is -0.282 e. The van der Waals surface area contributed by atoms with E-state index in [1.165, 1.54) is 0 Å². The zero-order valence-electron chi connectivity index (χ0n) is 6.82. The van der Waals surface area contributed by atoms with Crippen LogP contribution >= 0.6 is 0 Å². The Bertz CT molecular complexity index is 164. The zero-order chi connectivity index (χ0) is 8.53. The highest BCUT2D eigenvalue weighted by molar-refractivity contribution is 5.96. The molecule has 0 spiro atoms. The van der Waals surface area contributed by atoms with Gasteiger partial charge in [-0.3, -0.25) is 4.79 Å². The second kappa shape index (κ2) is 7.27. The van der Waals surface area contributed by atoms with Crippen LogP contribution in [0.3, 0.4) is 0 Å². The molecule has 0 bridgehead atoms. The van der Waals surface area contributed by atoms with Gasteiger partial charge < -0.3 is 0 Å². The highest BCUT2D eigenvalue weighted by Crippen LogP contribution is 1.96. The van der Waals surface area contributed by atoms with Crippen LogP contribution in [0.4, 0.5) is 4.39 Å². The normalized spacial score (nSPS) is 8.55. The number of hydrogen-bond acceptors (Lipinski definition) is 1. The minimum atomic E-state index is -0.958. The Morgan fingerprint density at radius 1 is 1.45 bits per heavy atom. The average Bonchev–Trinajstić information content (AvgIpc) is 2.04. The van der Waals surface area contributed by atoms with Crippen molar-refractivity contribution in [1.82, 2.24) is 0 Å². The molecule has 0 aliphatic carbocycles. The van der Waals surface area contributed by atoms with Crippen molar-refractivity contribution >= 4 is 5.78 Å². The van der Waals surface area contributed by atoms with E-state index in [2.05, 4.69) is 18.8 Å². The molecule has 0 fully saturated rings. The third-order valence-electron chi connectivity index (χ3n) is 1.25. The smallest absolute Gasteiger partial charge is 0.236 e. The molecule has 2 heteroatoms. The summed E-state index contributed by atoms with van der Waals surface area (Å²) in [7, 11) is 0. The number of hydrogen-bond donors (Lipinski definition) is 0. The molecule has 0 amide bonds. The van der Waals surface area contributed by atoms with Gasteiger partial charge in [0.05, 0.1) is 0 Å². The van der Waals surface area contributed by atoms with Gasteiger partial charge in [-0.1, -0.05) is 25.7 Å². The van der Waals surface area contributed by atoms with Crippen LogP contribution in [-0.4, -0.2) is 12.5 Å². The van der Waals surface area contributed by atoms with E-state index in [9.17, 15) is 9.18 Å². The molecule has 0 aromatic rings. The van der Waals surface area contributed by atoms with E-state index in [-0.39, 0.29) is 0 Å². The van der Waals surface area contributed by atoms with Gasteiger partial charge in [0.1, 0.15) is 0 Å². The first kappa shape index (κ1) is 10.2. The summed E-state index contributed by atoms with van der Waals surface area (Å²) >= 11 is 0. The SMILES string of the molecule is CCCCCC#CC(=O)CF. The lowest BCUT2D eigenvalue weighted by atomic mass is 10.2. The van der Waals surface area contributed by atoms with Gasteiger partial charge in [0.25, 0.3) is 0 Å². The molecule has 0 aromatic carbocycles. The molecule has 0 aromatic heterocycles. The lowest BCUT2D eigenvalue weighted by molar-refractivity contribution is -0.114. The molecule has 0 aliphatic heterocycles. The Labute approximate surface area is 67.0 Å². The Morgan fingerprint density at radius 3 is 2.73 bits per heavy atom. The average molecular weight is 156 g/mol. The summed E-state index contributed by atoms with van der Waals surface area (Å²) in [5.41, 5.74) is 0. The summed E-state index contributed by atoms with van der Waals surface area (Å²) in [5.74, 6) is 4.25. The van der Waals surface area contributed by atoms with E-state index >= 15 is 0 Å². The molecular weight excluding hydrogens is 143 g/mol. The second-order valence-corrected chi connectivity index (χ2v) is 2.32. The number of alkyl halides is 1. The summed E-state index contributed by atoms with van der Waals surface area (Å²) in [5, 5.41) is 0. The molecule has 11 heavy (non-hydrogen) atoms. The minimum absolute atomic E-state index is 0.610. The number of rotatable bonds is 4. The first-order valence-corrected chi connectivity index (χ1v) is 3.89. The van der Waals surface area contributed by atoms with E-state index < -0.39 is 12.5 Å². The van der Waals surface area contributed by atoms with E-state index in [0.29, 0.717) is 6.42 Å². The maximum Gasteiger partial charge on any atom is 0.236 e. The van der Waals surface area contributed by atoms with Crippen LogP contribution in [0, 0.1) is 11.8 Å². The first-order valence-electron chi connectivity index (χ1n) is 3.89. The number of Topliss-reactive ketones (excluding diaryl/α,β-unsaturated/α-hetero) is 1. The highest BCUT2D eigenvalue weighted by Gasteiger charge is 1.90. The van der Waals surface area contributed by atoms with Gasteiger partial charge in [0.15, 0.2) is 6.67 Å². The maximum absolute atomic E-state index is 11.5. The van der Waals surface area contributed by atoms with Gasteiger partial charge in [0, 0.05) is 6.42 Å². The molecule has 0 aliphatic rings. The molecule has 0 saturated heterocycles. The van der Waals surface area contributed by atoms with E-state index in [0.717, 1.165) is 19.3 Å². The molecular formula is C9H13FO. The van der Waals surface area contributed by atoms with E-state index in [1.54, 1.807) is 0 Å². The topological polar surface area (TPSA) is 17.1 Å². The van der Waals surface area contributed by atoms with E-state index in [1.807, 2.05) is 0 Å². The van der Waals surface area contributed by atoms with Crippen LogP contribution in [0.15, 0.2) is 0 Å². The van der Waals surface area contributed by atoms with Gasteiger partial charge in [-0.15, -0.1) is 0 Å². The van der Waals surface area contributed by atoms with Crippen molar-refractivity contribution in [2.75, 3.05) is 6.67 Å². The van der Waals surface area contributed by atoms with Crippen LogP contribution in [-0.2, 0) is 4.79 Å². The molecule has 0 heterocycles. The zero-order valence-corrected chi connectivity index (χ0v) is 6.82. The van der Waals surface area contributed by atoms with Crippen LogP contribution in [0.5, 0.6) is 0 Å². The molecule has 0 unspecified atom stereocenters. The van der Waals surface area contributed by atoms with E-state index in [4.69, 9.17) is 0 Å². The fourth-order valence-corrected chi connectivity index (χ4v) is 0.658. The molecule has 0 N–H and O–H groups in total. The molecule has 62 valence electrons. The second-order valence-electron chi connectivity index (χ2n) is 2.32. The third kappa shape index (κ3) is 7.05. The lowest BCUT2D eigenvalue weighted by Gasteiger charge is -1.87. The summed E-state index contributed by atoms with van der Waals surface area (Å²) in [4.78, 5) is 10.3. The Kier molecular flexibility index (Phi) is 6.71. The van der Waals surface area contributed by atoms with Crippen LogP contribution in [0.1, 0.15) is 32.6 Å². The first-order chi connectivity index (χ1) is 5.31. The predicted molar refractivity (Wildman–Crippen MR) is 42.9 cm³/mol. The van der Waals surface area contributed by atoms with Gasteiger partial charge in [-0.2, -0.15) is 0 Å². The maximum atomic E-state index is 11.5. The van der Waals surface area contributed by atoms with Crippen LogP contribution < -0.4 is 0 Å². The molecule has 0 radical (unpaired) electrons. The predicted octanol–water partition coefficient (Wildman–Crippen LogP) is 2.11.